The Morgan fingerprint density at radius 3 is 2.33 bits per heavy atom. The number of carboxylic acids is 1. The lowest BCUT2D eigenvalue weighted by molar-refractivity contribution is -0.148. The maximum absolute atomic E-state index is 11.6. The maximum Gasteiger partial charge on any atom is 0.307 e. The third kappa shape index (κ3) is 2.61. The standard InChI is InChI=1S/C15H18O3/c1-10(16)14-9-12(7-8-13(14)15(17)18)11-5-3-2-4-6-11/h2-6,12-14H,7-9H2,1H3,(H,17,18)/t12-,13-,14-/m1/s1. The third-order valence-electron chi connectivity index (χ3n) is 3.96. The summed E-state index contributed by atoms with van der Waals surface area (Å²) in [6.07, 6.45) is 2.11. The Morgan fingerprint density at radius 2 is 1.78 bits per heavy atom. The van der Waals surface area contributed by atoms with Crippen LogP contribution in [0.1, 0.15) is 37.7 Å². The first-order valence-electron chi connectivity index (χ1n) is 6.37. The summed E-state index contributed by atoms with van der Waals surface area (Å²) in [6, 6.07) is 10.1. The van der Waals surface area contributed by atoms with Crippen molar-refractivity contribution in [2.45, 2.75) is 32.1 Å². The number of aliphatic carboxylic acids is 1. The fourth-order valence-electron chi connectivity index (χ4n) is 2.94. The van der Waals surface area contributed by atoms with E-state index < -0.39 is 11.9 Å². The van der Waals surface area contributed by atoms with E-state index in [-0.39, 0.29) is 11.7 Å². The van der Waals surface area contributed by atoms with E-state index in [1.807, 2.05) is 18.2 Å². The summed E-state index contributed by atoms with van der Waals surface area (Å²) in [5, 5.41) is 9.16. The highest BCUT2D eigenvalue weighted by atomic mass is 16.4. The third-order valence-corrected chi connectivity index (χ3v) is 3.96. The molecule has 1 N–H and O–H groups in total. The van der Waals surface area contributed by atoms with E-state index in [1.54, 1.807) is 0 Å². The van der Waals surface area contributed by atoms with Crippen LogP contribution in [-0.4, -0.2) is 16.9 Å². The van der Waals surface area contributed by atoms with E-state index in [0.29, 0.717) is 18.8 Å². The van der Waals surface area contributed by atoms with Gasteiger partial charge in [0.15, 0.2) is 0 Å². The topological polar surface area (TPSA) is 54.4 Å². The molecule has 1 saturated carbocycles. The van der Waals surface area contributed by atoms with Gasteiger partial charge >= 0.3 is 5.97 Å². The highest BCUT2D eigenvalue weighted by Crippen LogP contribution is 2.40. The second kappa shape index (κ2) is 5.34. The fourth-order valence-corrected chi connectivity index (χ4v) is 2.94. The first-order chi connectivity index (χ1) is 8.59. The van der Waals surface area contributed by atoms with Crippen molar-refractivity contribution in [3.63, 3.8) is 0 Å². The van der Waals surface area contributed by atoms with Gasteiger partial charge in [-0.3, -0.25) is 9.59 Å². The summed E-state index contributed by atoms with van der Waals surface area (Å²) in [5.41, 5.74) is 1.22. The summed E-state index contributed by atoms with van der Waals surface area (Å²) >= 11 is 0. The molecule has 1 aromatic carbocycles. The predicted octanol–water partition coefficient (Wildman–Crippen LogP) is 2.86. The van der Waals surface area contributed by atoms with Crippen molar-refractivity contribution in [3.8, 4) is 0 Å². The predicted molar refractivity (Wildman–Crippen MR) is 68.3 cm³/mol. The number of carbonyl (C=O) groups excluding carboxylic acids is 1. The Balaban J connectivity index is 2.16. The second-order valence-electron chi connectivity index (χ2n) is 5.08. The first-order valence-corrected chi connectivity index (χ1v) is 6.37. The van der Waals surface area contributed by atoms with E-state index in [0.717, 1.165) is 6.42 Å². The largest absolute Gasteiger partial charge is 0.481 e. The number of hydrogen-bond donors (Lipinski definition) is 1. The molecule has 18 heavy (non-hydrogen) atoms. The van der Waals surface area contributed by atoms with E-state index in [9.17, 15) is 9.59 Å². The Morgan fingerprint density at radius 1 is 1.11 bits per heavy atom. The van der Waals surface area contributed by atoms with Crippen LogP contribution in [0.3, 0.4) is 0 Å². The lowest BCUT2D eigenvalue weighted by Gasteiger charge is -2.32. The van der Waals surface area contributed by atoms with Crippen molar-refractivity contribution < 1.29 is 14.7 Å². The number of rotatable bonds is 3. The molecule has 0 bridgehead atoms. The molecule has 1 aliphatic carbocycles. The maximum atomic E-state index is 11.6. The lowest BCUT2D eigenvalue weighted by atomic mass is 9.70. The average molecular weight is 246 g/mol. The summed E-state index contributed by atoms with van der Waals surface area (Å²) < 4.78 is 0. The number of hydrogen-bond acceptors (Lipinski definition) is 2. The Labute approximate surface area is 107 Å². The molecule has 2 rings (SSSR count). The van der Waals surface area contributed by atoms with Crippen LogP contribution in [-0.2, 0) is 9.59 Å². The summed E-state index contributed by atoms with van der Waals surface area (Å²) in [6.45, 7) is 1.51. The summed E-state index contributed by atoms with van der Waals surface area (Å²) in [5.74, 6) is -1.34. The van der Waals surface area contributed by atoms with Gasteiger partial charge in [0.25, 0.3) is 0 Å². The zero-order valence-electron chi connectivity index (χ0n) is 10.5. The molecule has 0 saturated heterocycles. The molecule has 96 valence electrons. The number of Topliss-reactive ketones (excluding diaryl/α,β-unsaturated/α-hetero) is 1. The zero-order valence-corrected chi connectivity index (χ0v) is 10.5. The van der Waals surface area contributed by atoms with Gasteiger partial charge in [0.2, 0.25) is 0 Å². The molecule has 0 unspecified atom stereocenters. The monoisotopic (exact) mass is 246 g/mol. The quantitative estimate of drug-likeness (QED) is 0.892. The smallest absolute Gasteiger partial charge is 0.307 e. The summed E-state index contributed by atoms with van der Waals surface area (Å²) in [7, 11) is 0. The van der Waals surface area contributed by atoms with Gasteiger partial charge in [-0.2, -0.15) is 0 Å². The number of ketones is 1. The number of carboxylic acid groups (broad SMARTS) is 1. The van der Waals surface area contributed by atoms with Crippen LogP contribution in [0.5, 0.6) is 0 Å². The molecule has 1 fully saturated rings. The molecule has 3 nitrogen and oxygen atoms in total. The molecular weight excluding hydrogens is 228 g/mol. The number of benzene rings is 1. The van der Waals surface area contributed by atoms with Gasteiger partial charge in [-0.25, -0.2) is 0 Å². The van der Waals surface area contributed by atoms with Crippen LogP contribution >= 0.6 is 0 Å². The van der Waals surface area contributed by atoms with Gasteiger partial charge < -0.3 is 5.11 Å². The Bertz CT molecular complexity index is 438. The Kier molecular flexibility index (Phi) is 3.80. The van der Waals surface area contributed by atoms with Crippen molar-refractivity contribution in [1.82, 2.24) is 0 Å². The number of carbonyl (C=O) groups is 2. The van der Waals surface area contributed by atoms with Gasteiger partial charge in [-0.05, 0) is 37.7 Å². The van der Waals surface area contributed by atoms with Gasteiger partial charge in [-0.15, -0.1) is 0 Å². The van der Waals surface area contributed by atoms with Gasteiger partial charge in [-0.1, -0.05) is 30.3 Å². The average Bonchev–Trinajstić information content (AvgIpc) is 2.39. The van der Waals surface area contributed by atoms with Crippen LogP contribution in [0.15, 0.2) is 30.3 Å². The van der Waals surface area contributed by atoms with Crippen LogP contribution < -0.4 is 0 Å². The minimum atomic E-state index is -0.832. The molecular formula is C15H18O3. The SMILES string of the molecule is CC(=O)[C@H]1C[C@H](c2ccccc2)CC[C@H]1C(=O)O. The Hall–Kier alpha value is -1.64. The molecule has 0 radical (unpaired) electrons. The summed E-state index contributed by atoms with van der Waals surface area (Å²) in [4.78, 5) is 22.8. The molecule has 0 aromatic heterocycles. The molecule has 0 amide bonds. The molecule has 0 aliphatic heterocycles. The van der Waals surface area contributed by atoms with Crippen molar-refractivity contribution in [2.24, 2.45) is 11.8 Å². The van der Waals surface area contributed by atoms with Crippen LogP contribution in [0, 0.1) is 11.8 Å². The van der Waals surface area contributed by atoms with Crippen LogP contribution in [0.4, 0.5) is 0 Å². The molecule has 3 heteroatoms. The van der Waals surface area contributed by atoms with Crippen LogP contribution in [0.25, 0.3) is 0 Å². The fraction of sp³-hybridized carbons (Fsp3) is 0.467. The first kappa shape index (κ1) is 12.8. The van der Waals surface area contributed by atoms with Crippen molar-refractivity contribution >= 4 is 11.8 Å². The van der Waals surface area contributed by atoms with Gasteiger partial charge in [0, 0.05) is 5.92 Å². The second-order valence-corrected chi connectivity index (χ2v) is 5.08. The molecule has 0 heterocycles. The van der Waals surface area contributed by atoms with E-state index >= 15 is 0 Å². The highest BCUT2D eigenvalue weighted by Gasteiger charge is 2.37. The van der Waals surface area contributed by atoms with E-state index in [4.69, 9.17) is 5.11 Å². The van der Waals surface area contributed by atoms with Gasteiger partial charge in [0.1, 0.15) is 5.78 Å². The minimum absolute atomic E-state index is 0.00281. The van der Waals surface area contributed by atoms with Crippen molar-refractivity contribution in [1.29, 1.82) is 0 Å². The van der Waals surface area contributed by atoms with Crippen LogP contribution in [0.2, 0.25) is 0 Å². The van der Waals surface area contributed by atoms with E-state index in [1.165, 1.54) is 12.5 Å². The van der Waals surface area contributed by atoms with Gasteiger partial charge in [0.05, 0.1) is 5.92 Å². The molecule has 1 aromatic rings. The van der Waals surface area contributed by atoms with Crippen molar-refractivity contribution in [3.05, 3.63) is 35.9 Å². The van der Waals surface area contributed by atoms with Crippen molar-refractivity contribution in [2.75, 3.05) is 0 Å². The molecule has 3 atom stereocenters. The highest BCUT2D eigenvalue weighted by molar-refractivity contribution is 5.84. The lowest BCUT2D eigenvalue weighted by Crippen LogP contribution is -2.34. The molecule has 1 aliphatic rings. The zero-order chi connectivity index (χ0) is 13.1. The molecule has 0 spiro atoms. The normalized spacial score (nSPS) is 27.7. The van der Waals surface area contributed by atoms with E-state index in [2.05, 4.69) is 12.1 Å². The minimum Gasteiger partial charge on any atom is -0.481 e.